The van der Waals surface area contributed by atoms with E-state index in [0.717, 1.165) is 4.90 Å². The first kappa shape index (κ1) is 16.8. The molecule has 136 valence electrons. The quantitative estimate of drug-likeness (QED) is 0.644. The molecule has 2 bridgehead atoms. The predicted octanol–water partition coefficient (Wildman–Crippen LogP) is 1.18. The van der Waals surface area contributed by atoms with Crippen LogP contribution in [0.3, 0.4) is 0 Å². The second-order valence-electron chi connectivity index (χ2n) is 6.43. The Morgan fingerprint density at radius 3 is 2.54 bits per heavy atom. The number of amides is 3. The van der Waals surface area contributed by atoms with E-state index in [0.29, 0.717) is 5.69 Å². The molecule has 0 aliphatic carbocycles. The van der Waals surface area contributed by atoms with Gasteiger partial charge in [-0.1, -0.05) is 30.4 Å². The first-order valence-electron chi connectivity index (χ1n) is 7.90. The zero-order valence-corrected chi connectivity index (χ0v) is 13.2. The van der Waals surface area contributed by atoms with Gasteiger partial charge >= 0.3 is 12.1 Å². The fraction of sp³-hybridized carbons (Fsp3) is 0.353. The molecule has 26 heavy (non-hydrogen) atoms. The van der Waals surface area contributed by atoms with Crippen LogP contribution in [0.25, 0.3) is 0 Å². The van der Waals surface area contributed by atoms with Crippen molar-refractivity contribution < 1.29 is 32.3 Å². The van der Waals surface area contributed by atoms with Crippen LogP contribution < -0.4 is 10.2 Å². The largest absolute Gasteiger partial charge is 0.471 e. The number of imide groups is 1. The van der Waals surface area contributed by atoms with Crippen molar-refractivity contribution in [2.75, 3.05) is 11.4 Å². The van der Waals surface area contributed by atoms with Crippen LogP contribution in [-0.2, 0) is 19.1 Å². The molecule has 0 unspecified atom stereocenters. The third-order valence-electron chi connectivity index (χ3n) is 4.95. The number of alkyl halides is 3. The normalized spacial score (nSPS) is 32.3. The Labute approximate surface area is 145 Å². The molecule has 4 rings (SSSR count). The van der Waals surface area contributed by atoms with Gasteiger partial charge in [0.05, 0.1) is 30.2 Å². The molecule has 4 atom stereocenters. The molecule has 9 heteroatoms. The number of benzene rings is 1. The fourth-order valence-corrected chi connectivity index (χ4v) is 3.86. The minimum atomic E-state index is -5.04. The summed E-state index contributed by atoms with van der Waals surface area (Å²) in [7, 11) is 0. The number of hydrogen-bond donors (Lipinski definition) is 1. The summed E-state index contributed by atoms with van der Waals surface area (Å²) in [5.74, 6) is -4.90. The van der Waals surface area contributed by atoms with E-state index in [4.69, 9.17) is 4.74 Å². The maximum Gasteiger partial charge on any atom is 0.471 e. The molecule has 0 saturated carbocycles. The molecule has 0 spiro atoms. The molecule has 3 heterocycles. The summed E-state index contributed by atoms with van der Waals surface area (Å²) in [5.41, 5.74) is -1.06. The number of para-hydroxylation sites is 1. The molecule has 6 nitrogen and oxygen atoms in total. The van der Waals surface area contributed by atoms with Gasteiger partial charge in [-0.2, -0.15) is 13.2 Å². The molecule has 2 fully saturated rings. The zero-order chi connectivity index (χ0) is 18.7. The number of carbonyl (C=O) groups is 3. The van der Waals surface area contributed by atoms with Crippen molar-refractivity contribution in [3.63, 3.8) is 0 Å². The number of rotatable bonds is 3. The lowest BCUT2D eigenvalue weighted by atomic mass is 9.77. The van der Waals surface area contributed by atoms with Crippen LogP contribution in [0.2, 0.25) is 0 Å². The van der Waals surface area contributed by atoms with E-state index in [9.17, 15) is 27.6 Å². The summed E-state index contributed by atoms with van der Waals surface area (Å²) in [6.07, 6.45) is -2.72. The van der Waals surface area contributed by atoms with Crippen LogP contribution >= 0.6 is 0 Å². The number of nitrogens with one attached hydrogen (secondary N) is 1. The number of hydrogen-bond acceptors (Lipinski definition) is 4. The van der Waals surface area contributed by atoms with Crippen LogP contribution in [0.1, 0.15) is 0 Å². The number of carbonyl (C=O) groups excluding carboxylic acids is 3. The van der Waals surface area contributed by atoms with Gasteiger partial charge in [0, 0.05) is 0 Å². The molecule has 0 aromatic heterocycles. The van der Waals surface area contributed by atoms with Gasteiger partial charge in [-0.3, -0.25) is 14.4 Å². The molecule has 3 aliphatic rings. The summed E-state index contributed by atoms with van der Waals surface area (Å²) < 4.78 is 43.0. The summed E-state index contributed by atoms with van der Waals surface area (Å²) >= 11 is 0. The Bertz CT molecular complexity index is 823. The van der Waals surface area contributed by atoms with Crippen molar-refractivity contribution in [1.29, 1.82) is 0 Å². The number of ether oxygens (including phenoxy) is 1. The molecule has 0 radical (unpaired) electrons. The van der Waals surface area contributed by atoms with Crippen molar-refractivity contribution in [2.45, 2.75) is 17.9 Å². The Hall–Kier alpha value is -2.68. The predicted molar refractivity (Wildman–Crippen MR) is 81.7 cm³/mol. The lowest BCUT2D eigenvalue weighted by Crippen LogP contribution is -2.51. The van der Waals surface area contributed by atoms with E-state index in [1.807, 2.05) is 0 Å². The van der Waals surface area contributed by atoms with Gasteiger partial charge in [0.2, 0.25) is 11.8 Å². The van der Waals surface area contributed by atoms with Gasteiger partial charge in [-0.25, -0.2) is 4.90 Å². The highest BCUT2D eigenvalue weighted by Crippen LogP contribution is 2.52. The van der Waals surface area contributed by atoms with Crippen LogP contribution in [0.5, 0.6) is 0 Å². The Morgan fingerprint density at radius 1 is 1.19 bits per heavy atom. The zero-order valence-electron chi connectivity index (χ0n) is 13.2. The molecular weight excluding hydrogens is 353 g/mol. The highest BCUT2D eigenvalue weighted by Gasteiger charge is 2.68. The first-order chi connectivity index (χ1) is 12.2. The second kappa shape index (κ2) is 5.41. The summed E-state index contributed by atoms with van der Waals surface area (Å²) in [5, 5.41) is 1.76. The van der Waals surface area contributed by atoms with Crippen LogP contribution in [-0.4, -0.2) is 42.1 Å². The Balaban J connectivity index is 1.62. The molecule has 3 amide bonds. The van der Waals surface area contributed by atoms with Gasteiger partial charge in [0.15, 0.2) is 0 Å². The fourth-order valence-electron chi connectivity index (χ4n) is 3.86. The Morgan fingerprint density at radius 2 is 1.88 bits per heavy atom. The lowest BCUT2D eigenvalue weighted by molar-refractivity contribution is -0.174. The number of fused-ring (bicyclic) bond motifs is 5. The van der Waals surface area contributed by atoms with Gasteiger partial charge in [-0.05, 0) is 12.1 Å². The number of halogens is 3. The monoisotopic (exact) mass is 366 g/mol. The second-order valence-corrected chi connectivity index (χ2v) is 6.43. The van der Waals surface area contributed by atoms with Crippen molar-refractivity contribution in [1.82, 2.24) is 5.32 Å². The molecule has 3 aliphatic heterocycles. The van der Waals surface area contributed by atoms with Crippen LogP contribution in [0.4, 0.5) is 18.9 Å². The summed E-state index contributed by atoms with van der Waals surface area (Å²) in [4.78, 5) is 37.8. The minimum absolute atomic E-state index is 0.394. The average molecular weight is 366 g/mol. The minimum Gasteiger partial charge on any atom is -0.360 e. The maximum atomic E-state index is 12.9. The summed E-state index contributed by atoms with van der Waals surface area (Å²) in [6.45, 7) is -0.541. The summed E-state index contributed by atoms with van der Waals surface area (Å²) in [6, 6.07) is 8.29. The molecule has 2 saturated heterocycles. The van der Waals surface area contributed by atoms with Gasteiger partial charge < -0.3 is 10.1 Å². The van der Waals surface area contributed by atoms with Crippen molar-refractivity contribution in [3.8, 4) is 0 Å². The van der Waals surface area contributed by atoms with E-state index in [1.54, 1.807) is 41.7 Å². The van der Waals surface area contributed by atoms with Crippen LogP contribution in [0, 0.1) is 11.8 Å². The third-order valence-corrected chi connectivity index (χ3v) is 4.95. The highest BCUT2D eigenvalue weighted by molar-refractivity contribution is 6.23. The van der Waals surface area contributed by atoms with E-state index in [-0.39, 0.29) is 0 Å². The molecule has 1 aromatic carbocycles. The first-order valence-corrected chi connectivity index (χ1v) is 7.90. The van der Waals surface area contributed by atoms with Crippen molar-refractivity contribution in [2.24, 2.45) is 11.8 Å². The maximum absolute atomic E-state index is 12.9. The third kappa shape index (κ3) is 2.27. The number of anilines is 1. The highest BCUT2D eigenvalue weighted by atomic mass is 19.4. The topological polar surface area (TPSA) is 75.7 Å². The van der Waals surface area contributed by atoms with Crippen LogP contribution in [0.15, 0.2) is 42.5 Å². The van der Waals surface area contributed by atoms with E-state index >= 15 is 0 Å². The lowest BCUT2D eigenvalue weighted by Gasteiger charge is -2.29. The number of nitrogens with zero attached hydrogens (tertiary/aromatic N) is 1. The van der Waals surface area contributed by atoms with E-state index in [2.05, 4.69) is 0 Å². The van der Waals surface area contributed by atoms with Crippen molar-refractivity contribution >= 4 is 23.4 Å². The Kier molecular flexibility index (Phi) is 3.49. The molecule has 1 N–H and O–H groups in total. The van der Waals surface area contributed by atoms with E-state index < -0.39 is 54.0 Å². The van der Waals surface area contributed by atoms with Crippen molar-refractivity contribution in [3.05, 3.63) is 42.5 Å². The molecule has 1 aromatic rings. The van der Waals surface area contributed by atoms with Gasteiger partial charge in [0.1, 0.15) is 5.60 Å². The molecular formula is C17H13F3N2O4. The van der Waals surface area contributed by atoms with Gasteiger partial charge in [-0.15, -0.1) is 0 Å². The smallest absolute Gasteiger partial charge is 0.360 e. The van der Waals surface area contributed by atoms with E-state index in [1.165, 1.54) is 6.08 Å². The standard InChI is InChI=1S/C17H13F3N2O4/c18-17(19,20)15(25)21-8-16-7-6-10(26-16)11-12(16)14(24)22(13(11)23)9-4-2-1-3-5-9/h1-7,10-12H,8H2,(H,21,25)/t10-,11+,12+,16+/m1/s1. The van der Waals surface area contributed by atoms with Gasteiger partial charge in [0.25, 0.3) is 0 Å². The average Bonchev–Trinajstić information content (AvgIpc) is 3.23. The SMILES string of the molecule is O=C1[C@@H]2[C@@H](C(=O)N1c1ccccc1)[C@@]1(CNC(=O)C(F)(F)F)C=C[C@H]2O1.